The van der Waals surface area contributed by atoms with Gasteiger partial charge in [0.25, 0.3) is 5.91 Å². The lowest BCUT2D eigenvalue weighted by Crippen LogP contribution is -2.35. The Kier molecular flexibility index (Phi) is 3.82. The number of hydrogen-bond acceptors (Lipinski definition) is 2. The summed E-state index contributed by atoms with van der Waals surface area (Å²) < 4.78 is 0. The molecule has 24 heavy (non-hydrogen) atoms. The average Bonchev–Trinajstić information content (AvgIpc) is 3.05. The van der Waals surface area contributed by atoms with Crippen molar-refractivity contribution in [3.8, 4) is 11.3 Å². The summed E-state index contributed by atoms with van der Waals surface area (Å²) in [5.74, 6) is 0.0551. The summed E-state index contributed by atoms with van der Waals surface area (Å²) in [7, 11) is 0. The third-order valence-corrected chi connectivity index (χ3v) is 4.57. The number of carbonyl (C=O) groups excluding carboxylic acids is 1. The molecule has 1 N–H and O–H groups in total. The highest BCUT2D eigenvalue weighted by Gasteiger charge is 2.26. The minimum atomic E-state index is 0.0551. The molecule has 2 heterocycles. The molecule has 0 bridgehead atoms. The van der Waals surface area contributed by atoms with Crippen molar-refractivity contribution in [3.05, 3.63) is 76.4 Å². The molecule has 0 fully saturated rings. The number of H-pyrrole nitrogens is 1. The number of carbonyl (C=O) groups is 1. The lowest BCUT2D eigenvalue weighted by molar-refractivity contribution is 0.0734. The van der Waals surface area contributed by atoms with Gasteiger partial charge in [-0.15, -0.1) is 0 Å². The molecule has 4 rings (SSSR count). The third-order valence-electron chi connectivity index (χ3n) is 4.34. The van der Waals surface area contributed by atoms with Gasteiger partial charge in [0, 0.05) is 46.9 Å². The molecule has 0 saturated carbocycles. The Labute approximate surface area is 145 Å². The normalized spacial score (nSPS) is 13.6. The molecule has 1 amide bonds. The average molecular weight is 338 g/mol. The molecule has 0 unspecified atom stereocenters. The Balaban J connectivity index is 1.65. The minimum absolute atomic E-state index is 0.0551. The molecule has 0 aliphatic carbocycles. The Bertz CT molecular complexity index is 889. The largest absolute Gasteiger partial charge is 0.334 e. The van der Waals surface area contributed by atoms with Crippen molar-refractivity contribution in [1.82, 2.24) is 15.1 Å². The number of aromatic nitrogens is 2. The molecule has 0 saturated heterocycles. The zero-order valence-electron chi connectivity index (χ0n) is 13.0. The van der Waals surface area contributed by atoms with Crippen LogP contribution in [0.5, 0.6) is 0 Å². The van der Waals surface area contributed by atoms with E-state index in [1.807, 2.05) is 59.5 Å². The van der Waals surface area contributed by atoms with Gasteiger partial charge in [-0.05, 0) is 24.3 Å². The van der Waals surface area contributed by atoms with Crippen molar-refractivity contribution in [1.29, 1.82) is 0 Å². The summed E-state index contributed by atoms with van der Waals surface area (Å²) in [6, 6.07) is 17.0. The number of rotatable bonds is 2. The highest BCUT2D eigenvalue weighted by Crippen LogP contribution is 2.30. The third kappa shape index (κ3) is 2.69. The van der Waals surface area contributed by atoms with E-state index in [0.29, 0.717) is 23.7 Å². The van der Waals surface area contributed by atoms with Gasteiger partial charge in [0.2, 0.25) is 0 Å². The van der Waals surface area contributed by atoms with Gasteiger partial charge in [0.05, 0.1) is 5.69 Å². The first-order valence-electron chi connectivity index (χ1n) is 7.89. The maximum Gasteiger partial charge on any atom is 0.254 e. The number of hydrogen-bond donors (Lipinski definition) is 1. The fraction of sp³-hybridized carbons (Fsp3) is 0.158. The minimum Gasteiger partial charge on any atom is -0.334 e. The van der Waals surface area contributed by atoms with Crippen LogP contribution in [0.2, 0.25) is 5.02 Å². The molecule has 0 radical (unpaired) electrons. The van der Waals surface area contributed by atoms with Crippen molar-refractivity contribution < 1.29 is 4.79 Å². The van der Waals surface area contributed by atoms with Crippen LogP contribution in [-0.2, 0) is 13.0 Å². The quantitative estimate of drug-likeness (QED) is 0.770. The summed E-state index contributed by atoms with van der Waals surface area (Å²) in [6.45, 7) is 1.25. The molecule has 0 atom stereocenters. The first-order valence-corrected chi connectivity index (χ1v) is 8.26. The van der Waals surface area contributed by atoms with Crippen molar-refractivity contribution in [3.63, 3.8) is 0 Å². The summed E-state index contributed by atoms with van der Waals surface area (Å²) in [5.41, 5.74) is 4.73. The van der Waals surface area contributed by atoms with E-state index in [4.69, 9.17) is 11.6 Å². The number of nitrogens with one attached hydrogen (secondary N) is 1. The maximum atomic E-state index is 12.7. The van der Waals surface area contributed by atoms with E-state index in [0.717, 1.165) is 28.9 Å². The first-order chi connectivity index (χ1) is 11.7. The monoisotopic (exact) mass is 337 g/mol. The van der Waals surface area contributed by atoms with Crippen LogP contribution in [0, 0.1) is 0 Å². The van der Waals surface area contributed by atoms with E-state index in [2.05, 4.69) is 10.2 Å². The Morgan fingerprint density at radius 1 is 1.12 bits per heavy atom. The molecular formula is C19H16ClN3O. The standard InChI is InChI=1S/C19H16ClN3O/c20-15-8-4-7-14(11-15)18-16-12-23(10-9-17(16)21-22-18)19(24)13-5-2-1-3-6-13/h1-8,11H,9-10,12H2,(H,21,22). The van der Waals surface area contributed by atoms with E-state index in [1.54, 1.807) is 0 Å². The predicted molar refractivity (Wildman–Crippen MR) is 93.9 cm³/mol. The van der Waals surface area contributed by atoms with Crippen LogP contribution >= 0.6 is 11.6 Å². The fourth-order valence-electron chi connectivity index (χ4n) is 3.11. The number of benzene rings is 2. The number of fused-ring (bicyclic) bond motifs is 1. The zero-order valence-corrected chi connectivity index (χ0v) is 13.8. The molecule has 5 heteroatoms. The van der Waals surface area contributed by atoms with Gasteiger partial charge in [0.1, 0.15) is 0 Å². The van der Waals surface area contributed by atoms with Gasteiger partial charge < -0.3 is 4.90 Å². The molecule has 2 aromatic carbocycles. The smallest absolute Gasteiger partial charge is 0.254 e. The number of aromatic amines is 1. The summed E-state index contributed by atoms with van der Waals surface area (Å²) >= 11 is 6.10. The topological polar surface area (TPSA) is 49.0 Å². The number of nitrogens with zero attached hydrogens (tertiary/aromatic N) is 2. The summed E-state index contributed by atoms with van der Waals surface area (Å²) in [6.07, 6.45) is 0.779. The summed E-state index contributed by atoms with van der Waals surface area (Å²) in [4.78, 5) is 14.6. The second kappa shape index (κ2) is 6.13. The molecule has 1 aromatic heterocycles. The van der Waals surface area contributed by atoms with Gasteiger partial charge in [-0.2, -0.15) is 5.10 Å². The number of halogens is 1. The molecule has 1 aliphatic rings. The van der Waals surface area contributed by atoms with Crippen LogP contribution < -0.4 is 0 Å². The van der Waals surface area contributed by atoms with E-state index in [1.165, 1.54) is 0 Å². The van der Waals surface area contributed by atoms with Gasteiger partial charge in [-0.25, -0.2) is 0 Å². The van der Waals surface area contributed by atoms with E-state index < -0.39 is 0 Å². The first kappa shape index (κ1) is 15.0. The van der Waals surface area contributed by atoms with E-state index in [-0.39, 0.29) is 5.91 Å². The van der Waals surface area contributed by atoms with Crippen molar-refractivity contribution in [2.45, 2.75) is 13.0 Å². The van der Waals surface area contributed by atoms with Gasteiger partial charge in [-0.1, -0.05) is 41.9 Å². The fourth-order valence-corrected chi connectivity index (χ4v) is 3.30. The van der Waals surface area contributed by atoms with Crippen molar-refractivity contribution >= 4 is 17.5 Å². The van der Waals surface area contributed by atoms with Gasteiger partial charge >= 0.3 is 0 Å². The molecule has 4 nitrogen and oxygen atoms in total. The zero-order chi connectivity index (χ0) is 16.5. The Morgan fingerprint density at radius 3 is 2.75 bits per heavy atom. The second-order valence-electron chi connectivity index (χ2n) is 5.88. The molecular weight excluding hydrogens is 322 g/mol. The van der Waals surface area contributed by atoms with Crippen LogP contribution in [0.4, 0.5) is 0 Å². The second-order valence-corrected chi connectivity index (χ2v) is 6.32. The molecule has 120 valence electrons. The highest BCUT2D eigenvalue weighted by molar-refractivity contribution is 6.30. The summed E-state index contributed by atoms with van der Waals surface area (Å²) in [5, 5.41) is 8.24. The maximum absolute atomic E-state index is 12.7. The lowest BCUT2D eigenvalue weighted by Gasteiger charge is -2.27. The van der Waals surface area contributed by atoms with Crippen LogP contribution in [0.15, 0.2) is 54.6 Å². The van der Waals surface area contributed by atoms with E-state index in [9.17, 15) is 4.79 Å². The van der Waals surface area contributed by atoms with E-state index >= 15 is 0 Å². The van der Waals surface area contributed by atoms with Crippen LogP contribution in [-0.4, -0.2) is 27.5 Å². The molecule has 0 spiro atoms. The van der Waals surface area contributed by atoms with Crippen LogP contribution in [0.3, 0.4) is 0 Å². The highest BCUT2D eigenvalue weighted by atomic mass is 35.5. The van der Waals surface area contributed by atoms with Gasteiger partial charge in [-0.3, -0.25) is 9.89 Å². The van der Waals surface area contributed by atoms with Crippen LogP contribution in [0.1, 0.15) is 21.6 Å². The molecule has 3 aromatic rings. The van der Waals surface area contributed by atoms with Crippen molar-refractivity contribution in [2.75, 3.05) is 6.54 Å². The Morgan fingerprint density at radius 2 is 1.96 bits per heavy atom. The lowest BCUT2D eigenvalue weighted by atomic mass is 10.0. The number of amides is 1. The Hall–Kier alpha value is -2.59. The predicted octanol–water partition coefficient (Wildman–Crippen LogP) is 3.93. The SMILES string of the molecule is O=C(c1ccccc1)N1CCc2[nH]nc(-c3cccc(Cl)c3)c2C1. The van der Waals surface area contributed by atoms with Crippen LogP contribution in [0.25, 0.3) is 11.3 Å². The van der Waals surface area contributed by atoms with Crippen molar-refractivity contribution in [2.24, 2.45) is 0 Å². The molecule has 1 aliphatic heterocycles. The van der Waals surface area contributed by atoms with Gasteiger partial charge in [0.15, 0.2) is 0 Å².